The number of carbonyl (C=O) groups excluding carboxylic acids is 1. The van der Waals surface area contributed by atoms with Gasteiger partial charge in [0.25, 0.3) is 0 Å². The molecule has 0 fully saturated rings. The first-order valence-corrected chi connectivity index (χ1v) is 10.9. The number of amides is 1. The fourth-order valence-electron chi connectivity index (χ4n) is 4.27. The molecule has 7 nitrogen and oxygen atoms in total. The minimum Gasteiger partial charge on any atom is -0.477 e. The van der Waals surface area contributed by atoms with Gasteiger partial charge in [-0.1, -0.05) is 30.3 Å². The number of hydrogen-bond acceptors (Lipinski definition) is 5. The minimum absolute atomic E-state index is 0.125. The monoisotopic (exact) mass is 445 g/mol. The molecule has 0 spiro atoms. The summed E-state index contributed by atoms with van der Waals surface area (Å²) in [6.07, 6.45) is 2.72. The first-order valence-electron chi connectivity index (χ1n) is 10.9. The lowest BCUT2D eigenvalue weighted by Gasteiger charge is -2.16. The predicted molar refractivity (Wildman–Crippen MR) is 124 cm³/mol. The predicted octanol–water partition coefficient (Wildman–Crippen LogP) is 4.29. The summed E-state index contributed by atoms with van der Waals surface area (Å²) in [5.74, 6) is 0.325. The molecule has 3 heterocycles. The number of ether oxygens (including phenoxy) is 1. The molecular formula is C25H24FN5O2. The van der Waals surface area contributed by atoms with E-state index in [1.54, 1.807) is 10.6 Å². The third kappa shape index (κ3) is 4.00. The van der Waals surface area contributed by atoms with Gasteiger partial charge in [-0.3, -0.25) is 9.36 Å². The Hall–Kier alpha value is -3.94. The molecule has 33 heavy (non-hydrogen) atoms. The molecule has 4 aromatic rings. The van der Waals surface area contributed by atoms with Crippen LogP contribution in [0.25, 0.3) is 16.9 Å². The van der Waals surface area contributed by atoms with Crippen molar-refractivity contribution in [3.05, 3.63) is 76.7 Å². The summed E-state index contributed by atoms with van der Waals surface area (Å²) in [5, 5.41) is 3.99. The van der Waals surface area contributed by atoms with Gasteiger partial charge >= 0.3 is 0 Å². The van der Waals surface area contributed by atoms with Crippen LogP contribution >= 0.6 is 0 Å². The van der Waals surface area contributed by atoms with Gasteiger partial charge in [0.1, 0.15) is 11.6 Å². The van der Waals surface area contributed by atoms with Crippen LogP contribution < -0.4 is 15.8 Å². The van der Waals surface area contributed by atoms with E-state index in [2.05, 4.69) is 5.32 Å². The lowest BCUT2D eigenvalue weighted by molar-refractivity contribution is 0.100. The molecule has 3 N–H and O–H groups in total. The van der Waals surface area contributed by atoms with E-state index in [0.29, 0.717) is 41.7 Å². The zero-order valence-corrected chi connectivity index (χ0v) is 18.3. The SMILES string of the molecule is Cc1cc2c(C(N)=O)cc(F)cc2n1-c1nc(NCc2ccccc2)c2c(n1)OCCCC2. The summed E-state index contributed by atoms with van der Waals surface area (Å²) in [7, 11) is 0. The van der Waals surface area contributed by atoms with Gasteiger partial charge in [-0.2, -0.15) is 9.97 Å². The van der Waals surface area contributed by atoms with Crippen LogP contribution in [0.5, 0.6) is 5.88 Å². The normalized spacial score (nSPS) is 13.3. The van der Waals surface area contributed by atoms with E-state index in [1.807, 2.05) is 37.3 Å². The van der Waals surface area contributed by atoms with E-state index in [4.69, 9.17) is 20.4 Å². The number of rotatable bonds is 5. The number of carbonyl (C=O) groups is 1. The topological polar surface area (TPSA) is 95.1 Å². The molecule has 2 aromatic heterocycles. The Balaban J connectivity index is 1.66. The molecule has 0 saturated heterocycles. The minimum atomic E-state index is -0.687. The average molecular weight is 445 g/mol. The molecule has 0 bridgehead atoms. The summed E-state index contributed by atoms with van der Waals surface area (Å²) in [4.78, 5) is 21.4. The van der Waals surface area contributed by atoms with Crippen molar-refractivity contribution >= 4 is 22.6 Å². The number of nitrogens with zero attached hydrogens (tertiary/aromatic N) is 3. The van der Waals surface area contributed by atoms with Crippen LogP contribution in [-0.2, 0) is 13.0 Å². The number of hydrogen-bond donors (Lipinski definition) is 2. The van der Waals surface area contributed by atoms with Gasteiger partial charge in [0.2, 0.25) is 17.7 Å². The number of nitrogens with one attached hydrogen (secondary N) is 1. The molecule has 1 aliphatic rings. The fourth-order valence-corrected chi connectivity index (χ4v) is 4.27. The number of primary amides is 1. The lowest BCUT2D eigenvalue weighted by Crippen LogP contribution is -2.13. The van der Waals surface area contributed by atoms with Crippen LogP contribution in [0.3, 0.4) is 0 Å². The van der Waals surface area contributed by atoms with Crippen molar-refractivity contribution < 1.29 is 13.9 Å². The molecular weight excluding hydrogens is 421 g/mol. The molecule has 0 atom stereocenters. The first-order chi connectivity index (χ1) is 16.0. The summed E-state index contributed by atoms with van der Waals surface area (Å²) in [6.45, 7) is 3.03. The maximum absolute atomic E-state index is 14.4. The van der Waals surface area contributed by atoms with Crippen LogP contribution in [-0.4, -0.2) is 27.0 Å². The number of aromatic nitrogens is 3. The van der Waals surface area contributed by atoms with Gasteiger partial charge < -0.3 is 15.8 Å². The molecule has 8 heteroatoms. The fraction of sp³-hybridized carbons (Fsp3) is 0.240. The van der Waals surface area contributed by atoms with E-state index >= 15 is 0 Å². The van der Waals surface area contributed by atoms with E-state index in [1.165, 1.54) is 6.07 Å². The average Bonchev–Trinajstić information content (AvgIpc) is 2.96. The van der Waals surface area contributed by atoms with E-state index in [-0.39, 0.29) is 5.56 Å². The number of fused-ring (bicyclic) bond motifs is 2. The van der Waals surface area contributed by atoms with E-state index in [9.17, 15) is 9.18 Å². The Labute approximate surface area is 190 Å². The Bertz CT molecular complexity index is 1350. The number of anilines is 1. The molecule has 1 amide bonds. The zero-order chi connectivity index (χ0) is 22.9. The number of nitrogens with two attached hydrogens (primary N) is 1. The molecule has 0 aliphatic carbocycles. The summed E-state index contributed by atoms with van der Waals surface area (Å²) in [6, 6.07) is 14.4. The van der Waals surface area contributed by atoms with Crippen molar-refractivity contribution in [2.75, 3.05) is 11.9 Å². The van der Waals surface area contributed by atoms with Crippen molar-refractivity contribution in [2.24, 2.45) is 5.73 Å². The summed E-state index contributed by atoms with van der Waals surface area (Å²) >= 11 is 0. The Kier molecular flexibility index (Phi) is 5.42. The van der Waals surface area contributed by atoms with Gasteiger partial charge in [0.05, 0.1) is 23.3 Å². The number of halogens is 1. The summed E-state index contributed by atoms with van der Waals surface area (Å²) < 4.78 is 22.1. The quantitative estimate of drug-likeness (QED) is 0.478. The van der Waals surface area contributed by atoms with E-state index < -0.39 is 11.7 Å². The van der Waals surface area contributed by atoms with E-state index in [0.717, 1.165) is 42.1 Å². The van der Waals surface area contributed by atoms with Crippen LogP contribution in [0.1, 0.15) is 40.0 Å². The van der Waals surface area contributed by atoms with Gasteiger partial charge in [-0.15, -0.1) is 0 Å². The third-order valence-corrected chi connectivity index (χ3v) is 5.86. The number of benzene rings is 2. The Morgan fingerprint density at radius 1 is 1.18 bits per heavy atom. The molecule has 2 aromatic carbocycles. The molecule has 0 unspecified atom stereocenters. The van der Waals surface area contributed by atoms with Crippen molar-refractivity contribution in [3.63, 3.8) is 0 Å². The van der Waals surface area contributed by atoms with Crippen LogP contribution in [0.2, 0.25) is 0 Å². The van der Waals surface area contributed by atoms with Crippen LogP contribution in [0.15, 0.2) is 48.5 Å². The van der Waals surface area contributed by atoms with Crippen molar-refractivity contribution in [1.29, 1.82) is 0 Å². The maximum atomic E-state index is 14.4. The summed E-state index contributed by atoms with van der Waals surface area (Å²) in [5.41, 5.74) is 8.91. The largest absolute Gasteiger partial charge is 0.477 e. The zero-order valence-electron chi connectivity index (χ0n) is 18.3. The Morgan fingerprint density at radius 2 is 2.00 bits per heavy atom. The second kappa shape index (κ2) is 8.54. The highest BCUT2D eigenvalue weighted by molar-refractivity contribution is 6.06. The molecule has 5 rings (SSSR count). The lowest BCUT2D eigenvalue weighted by atomic mass is 10.1. The highest BCUT2D eigenvalue weighted by Gasteiger charge is 2.22. The first kappa shape index (κ1) is 20.9. The van der Waals surface area contributed by atoms with Crippen molar-refractivity contribution in [1.82, 2.24) is 14.5 Å². The number of aryl methyl sites for hydroxylation is 1. The standard InChI is InChI=1S/C25H24FN5O2/c1-15-11-19-20(22(27)32)12-17(26)13-21(19)31(15)25-29-23(28-14-16-7-3-2-4-8-16)18-9-5-6-10-33-24(18)30-25/h2-4,7-8,11-13H,5-6,9-10,14H2,1H3,(H2,27,32)(H,28,29,30). The molecule has 168 valence electrons. The second-order valence-electron chi connectivity index (χ2n) is 8.17. The Morgan fingerprint density at radius 3 is 2.79 bits per heavy atom. The maximum Gasteiger partial charge on any atom is 0.249 e. The van der Waals surface area contributed by atoms with Gasteiger partial charge in [-0.25, -0.2) is 4.39 Å². The molecule has 0 saturated carbocycles. The molecule has 0 radical (unpaired) electrons. The third-order valence-electron chi connectivity index (χ3n) is 5.86. The molecule has 1 aliphatic heterocycles. The highest BCUT2D eigenvalue weighted by Crippen LogP contribution is 2.32. The van der Waals surface area contributed by atoms with Crippen molar-refractivity contribution in [2.45, 2.75) is 32.7 Å². The smallest absolute Gasteiger partial charge is 0.249 e. The highest BCUT2D eigenvalue weighted by atomic mass is 19.1. The van der Waals surface area contributed by atoms with Crippen LogP contribution in [0.4, 0.5) is 10.2 Å². The van der Waals surface area contributed by atoms with Gasteiger partial charge in [0, 0.05) is 17.6 Å². The second-order valence-corrected chi connectivity index (χ2v) is 8.17. The van der Waals surface area contributed by atoms with Crippen LogP contribution in [0, 0.1) is 12.7 Å². The van der Waals surface area contributed by atoms with Gasteiger partial charge in [0.15, 0.2) is 0 Å². The van der Waals surface area contributed by atoms with Gasteiger partial charge in [-0.05, 0) is 49.9 Å². The van der Waals surface area contributed by atoms with Crippen molar-refractivity contribution in [3.8, 4) is 11.8 Å².